The fraction of sp³-hybridized carbons (Fsp3) is 0.615. The zero-order valence-corrected chi connectivity index (χ0v) is 11.3. The number of hydrazine groups is 1. The number of aromatic nitrogens is 2. The zero-order valence-electron chi connectivity index (χ0n) is 11.3. The summed E-state index contributed by atoms with van der Waals surface area (Å²) < 4.78 is 0. The molecule has 1 aromatic heterocycles. The Morgan fingerprint density at radius 3 is 3.05 bits per heavy atom. The van der Waals surface area contributed by atoms with Crippen LogP contribution in [-0.4, -0.2) is 33.4 Å². The maximum atomic E-state index is 12.5. The van der Waals surface area contributed by atoms with E-state index in [4.69, 9.17) is 5.84 Å². The molecule has 1 amide bonds. The smallest absolute Gasteiger partial charge is 0.274 e. The summed E-state index contributed by atoms with van der Waals surface area (Å²) in [6.45, 7) is 2.93. The molecule has 0 saturated carbocycles. The zero-order chi connectivity index (χ0) is 13.7. The predicted octanol–water partition coefficient (Wildman–Crippen LogP) is 1.56. The van der Waals surface area contributed by atoms with Crippen LogP contribution in [0.1, 0.15) is 49.5 Å². The first-order valence-electron chi connectivity index (χ1n) is 6.86. The Balaban J connectivity index is 2.20. The van der Waals surface area contributed by atoms with Gasteiger partial charge in [0.1, 0.15) is 5.69 Å². The van der Waals surface area contributed by atoms with Crippen molar-refractivity contribution in [2.45, 2.75) is 45.1 Å². The van der Waals surface area contributed by atoms with Gasteiger partial charge in [-0.15, -0.1) is 0 Å². The van der Waals surface area contributed by atoms with Crippen LogP contribution in [0.15, 0.2) is 12.4 Å². The van der Waals surface area contributed by atoms with E-state index in [0.717, 1.165) is 25.8 Å². The van der Waals surface area contributed by atoms with Gasteiger partial charge in [0.05, 0.1) is 12.4 Å². The van der Waals surface area contributed by atoms with Gasteiger partial charge in [0, 0.05) is 12.6 Å². The normalized spacial score (nSPS) is 19.9. The van der Waals surface area contributed by atoms with E-state index >= 15 is 0 Å². The van der Waals surface area contributed by atoms with E-state index in [2.05, 4.69) is 22.3 Å². The molecule has 1 aliphatic heterocycles. The summed E-state index contributed by atoms with van der Waals surface area (Å²) in [5, 5.41) is 0. The van der Waals surface area contributed by atoms with Crippen molar-refractivity contribution in [1.29, 1.82) is 0 Å². The molecule has 0 aliphatic carbocycles. The summed E-state index contributed by atoms with van der Waals surface area (Å²) in [4.78, 5) is 22.7. The molecule has 1 saturated heterocycles. The molecule has 1 atom stereocenters. The van der Waals surface area contributed by atoms with Gasteiger partial charge < -0.3 is 10.3 Å². The number of nitrogens with one attached hydrogen (secondary N) is 1. The van der Waals surface area contributed by atoms with Crippen molar-refractivity contribution in [1.82, 2.24) is 14.9 Å². The number of carbonyl (C=O) groups excluding carboxylic acids is 1. The van der Waals surface area contributed by atoms with Crippen LogP contribution in [0.2, 0.25) is 0 Å². The van der Waals surface area contributed by atoms with Gasteiger partial charge in [-0.25, -0.2) is 10.8 Å². The summed E-state index contributed by atoms with van der Waals surface area (Å²) in [7, 11) is 0. The average molecular weight is 263 g/mol. The van der Waals surface area contributed by atoms with Crippen LogP contribution >= 0.6 is 0 Å². The van der Waals surface area contributed by atoms with Crippen molar-refractivity contribution in [2.24, 2.45) is 5.84 Å². The van der Waals surface area contributed by atoms with Crippen molar-refractivity contribution in [3.8, 4) is 0 Å². The van der Waals surface area contributed by atoms with Crippen molar-refractivity contribution in [3.63, 3.8) is 0 Å². The Morgan fingerprint density at radius 1 is 1.47 bits per heavy atom. The molecule has 6 nitrogen and oxygen atoms in total. The fourth-order valence-corrected chi connectivity index (χ4v) is 2.55. The monoisotopic (exact) mass is 263 g/mol. The largest absolute Gasteiger partial charge is 0.334 e. The van der Waals surface area contributed by atoms with Gasteiger partial charge >= 0.3 is 0 Å². The number of nitrogens with two attached hydrogens (primary N) is 1. The lowest BCUT2D eigenvalue weighted by Gasteiger charge is -2.28. The van der Waals surface area contributed by atoms with Crippen molar-refractivity contribution >= 4 is 11.7 Å². The topological polar surface area (TPSA) is 84.1 Å². The molecule has 0 aromatic carbocycles. The van der Waals surface area contributed by atoms with Gasteiger partial charge in [-0.05, 0) is 19.3 Å². The molecule has 1 aliphatic rings. The van der Waals surface area contributed by atoms with Crippen molar-refractivity contribution in [2.75, 3.05) is 12.0 Å². The van der Waals surface area contributed by atoms with E-state index in [0.29, 0.717) is 17.6 Å². The van der Waals surface area contributed by atoms with Gasteiger partial charge in [-0.3, -0.25) is 9.78 Å². The first kappa shape index (κ1) is 13.7. The number of hydrogen-bond donors (Lipinski definition) is 2. The van der Waals surface area contributed by atoms with E-state index in [9.17, 15) is 4.79 Å². The van der Waals surface area contributed by atoms with Gasteiger partial charge in [-0.2, -0.15) is 0 Å². The maximum Gasteiger partial charge on any atom is 0.274 e. The molecule has 6 heteroatoms. The number of anilines is 1. The highest BCUT2D eigenvalue weighted by Gasteiger charge is 2.26. The van der Waals surface area contributed by atoms with Crippen LogP contribution in [0, 0.1) is 0 Å². The molecule has 0 bridgehead atoms. The molecule has 104 valence electrons. The van der Waals surface area contributed by atoms with Crippen LogP contribution in [0.25, 0.3) is 0 Å². The molecular weight excluding hydrogens is 242 g/mol. The molecular formula is C13H21N5O. The van der Waals surface area contributed by atoms with Crippen LogP contribution in [0.5, 0.6) is 0 Å². The second-order valence-corrected chi connectivity index (χ2v) is 4.84. The Labute approximate surface area is 113 Å². The fourth-order valence-electron chi connectivity index (χ4n) is 2.55. The molecule has 2 rings (SSSR count). The summed E-state index contributed by atoms with van der Waals surface area (Å²) in [5.74, 6) is 5.67. The van der Waals surface area contributed by atoms with E-state index in [-0.39, 0.29) is 5.91 Å². The van der Waals surface area contributed by atoms with Gasteiger partial charge in [0.25, 0.3) is 5.91 Å². The first-order valence-corrected chi connectivity index (χ1v) is 6.86. The number of amides is 1. The second-order valence-electron chi connectivity index (χ2n) is 4.84. The maximum absolute atomic E-state index is 12.5. The van der Waals surface area contributed by atoms with Crippen LogP contribution in [-0.2, 0) is 0 Å². The highest BCUT2D eigenvalue weighted by Crippen LogP contribution is 2.21. The van der Waals surface area contributed by atoms with E-state index in [1.165, 1.54) is 25.2 Å². The molecule has 1 fully saturated rings. The lowest BCUT2D eigenvalue weighted by Crippen LogP contribution is -2.40. The number of rotatable bonds is 3. The molecule has 2 heterocycles. The van der Waals surface area contributed by atoms with Gasteiger partial charge in [0.2, 0.25) is 0 Å². The SMILES string of the molecule is CCC1CCCCCN1C(=O)c1cncc(NN)n1. The van der Waals surface area contributed by atoms with E-state index in [1.54, 1.807) is 0 Å². The highest BCUT2D eigenvalue weighted by atomic mass is 16.2. The summed E-state index contributed by atoms with van der Waals surface area (Å²) in [5.41, 5.74) is 2.78. The van der Waals surface area contributed by atoms with Gasteiger partial charge in [-0.1, -0.05) is 19.8 Å². The predicted molar refractivity (Wildman–Crippen MR) is 73.4 cm³/mol. The molecule has 1 aromatic rings. The number of carbonyl (C=O) groups is 1. The van der Waals surface area contributed by atoms with Crippen molar-refractivity contribution < 1.29 is 4.79 Å². The molecule has 0 radical (unpaired) electrons. The number of hydrogen-bond acceptors (Lipinski definition) is 5. The molecule has 19 heavy (non-hydrogen) atoms. The Morgan fingerprint density at radius 2 is 2.32 bits per heavy atom. The van der Waals surface area contributed by atoms with E-state index in [1.807, 2.05) is 4.90 Å². The quantitative estimate of drug-likeness (QED) is 0.638. The minimum Gasteiger partial charge on any atom is -0.334 e. The minimum absolute atomic E-state index is 0.0432. The number of nitrogen functional groups attached to an aromatic ring is 1. The van der Waals surface area contributed by atoms with E-state index < -0.39 is 0 Å². The first-order chi connectivity index (χ1) is 9.26. The lowest BCUT2D eigenvalue weighted by atomic mass is 10.1. The number of likely N-dealkylation sites (tertiary alicyclic amines) is 1. The Bertz CT molecular complexity index is 437. The van der Waals surface area contributed by atoms with Crippen molar-refractivity contribution in [3.05, 3.63) is 18.1 Å². The summed E-state index contributed by atoms with van der Waals surface area (Å²) in [6.07, 6.45) is 8.50. The van der Waals surface area contributed by atoms with Crippen LogP contribution < -0.4 is 11.3 Å². The third-order valence-electron chi connectivity index (χ3n) is 3.61. The third kappa shape index (κ3) is 3.20. The lowest BCUT2D eigenvalue weighted by molar-refractivity contribution is 0.0672. The van der Waals surface area contributed by atoms with Crippen LogP contribution in [0.3, 0.4) is 0 Å². The highest BCUT2D eigenvalue weighted by molar-refractivity contribution is 5.92. The summed E-state index contributed by atoms with van der Waals surface area (Å²) >= 11 is 0. The Kier molecular flexibility index (Phi) is 4.68. The minimum atomic E-state index is -0.0432. The molecule has 1 unspecified atom stereocenters. The second kappa shape index (κ2) is 6.47. The average Bonchev–Trinajstić information content (AvgIpc) is 2.71. The van der Waals surface area contributed by atoms with Gasteiger partial charge in [0.15, 0.2) is 5.82 Å². The summed E-state index contributed by atoms with van der Waals surface area (Å²) in [6, 6.07) is 0.311. The number of nitrogens with zero attached hydrogens (tertiary/aromatic N) is 3. The Hall–Kier alpha value is -1.69. The molecule has 3 N–H and O–H groups in total. The third-order valence-corrected chi connectivity index (χ3v) is 3.61. The van der Waals surface area contributed by atoms with Crippen LogP contribution in [0.4, 0.5) is 5.82 Å². The molecule has 0 spiro atoms. The standard InChI is InChI=1S/C13H21N5O/c1-2-10-6-4-3-5-7-18(10)13(19)11-8-15-9-12(16-11)17-14/h8-10H,2-7,14H2,1H3,(H,16,17).